The molecule has 0 aliphatic carbocycles. The Bertz CT molecular complexity index is 746. The molecule has 0 unspecified atom stereocenters. The molecule has 196 valence electrons. The van der Waals surface area contributed by atoms with Gasteiger partial charge in [-0.05, 0) is 68.7 Å². The van der Waals surface area contributed by atoms with Gasteiger partial charge in [-0.25, -0.2) is 19.2 Å². The Kier molecular flexibility index (Phi) is 11.3. The van der Waals surface area contributed by atoms with E-state index in [1.54, 1.807) is 62.3 Å². The van der Waals surface area contributed by atoms with Crippen LogP contribution in [0.4, 0.5) is 9.59 Å². The molecule has 34 heavy (non-hydrogen) atoms. The second-order valence-corrected chi connectivity index (χ2v) is 10.6. The molecule has 4 N–H and O–H groups in total. The number of nitrogens with one attached hydrogen (secondary N) is 3. The zero-order valence-corrected chi connectivity index (χ0v) is 21.5. The first kappa shape index (κ1) is 30.9. The SMILES string of the molecule is CC(C)(C)OC(=O)CC[C@H](NC(=O)NC[C@@H](NC(=O)OC(C)(C)C)C(=O)O)C(=O)OC(C)(C)C. The highest BCUT2D eigenvalue weighted by Crippen LogP contribution is 2.13. The molecule has 12 nitrogen and oxygen atoms in total. The lowest BCUT2D eigenvalue weighted by Crippen LogP contribution is -2.53. The summed E-state index contributed by atoms with van der Waals surface area (Å²) in [5, 5.41) is 16.1. The number of amides is 3. The van der Waals surface area contributed by atoms with Gasteiger partial charge in [0.1, 0.15) is 28.9 Å². The van der Waals surface area contributed by atoms with Crippen molar-refractivity contribution in [2.45, 2.75) is 104 Å². The number of hydrogen-bond donors (Lipinski definition) is 4. The van der Waals surface area contributed by atoms with E-state index in [-0.39, 0.29) is 12.8 Å². The summed E-state index contributed by atoms with van der Waals surface area (Å²) >= 11 is 0. The Morgan fingerprint density at radius 2 is 1.24 bits per heavy atom. The van der Waals surface area contributed by atoms with E-state index in [2.05, 4.69) is 16.0 Å². The second kappa shape index (κ2) is 12.4. The zero-order chi connectivity index (χ0) is 26.9. The average molecular weight is 490 g/mol. The van der Waals surface area contributed by atoms with Crippen LogP contribution in [-0.4, -0.2) is 70.6 Å². The summed E-state index contributed by atoms with van der Waals surface area (Å²) in [4.78, 5) is 60.2. The molecule has 2 atom stereocenters. The van der Waals surface area contributed by atoms with Gasteiger partial charge in [0.15, 0.2) is 0 Å². The molecule has 0 spiro atoms. The third kappa shape index (κ3) is 15.7. The highest BCUT2D eigenvalue weighted by atomic mass is 16.6. The minimum Gasteiger partial charge on any atom is -0.480 e. The largest absolute Gasteiger partial charge is 0.480 e. The Labute approximate surface area is 200 Å². The van der Waals surface area contributed by atoms with Crippen LogP contribution in [-0.2, 0) is 28.6 Å². The van der Waals surface area contributed by atoms with Gasteiger partial charge in [-0.1, -0.05) is 0 Å². The number of rotatable bonds is 9. The lowest BCUT2D eigenvalue weighted by atomic mass is 10.1. The zero-order valence-electron chi connectivity index (χ0n) is 21.5. The van der Waals surface area contributed by atoms with Crippen molar-refractivity contribution in [2.24, 2.45) is 0 Å². The number of carboxylic acids is 1. The highest BCUT2D eigenvalue weighted by molar-refractivity contribution is 5.85. The van der Waals surface area contributed by atoms with Gasteiger partial charge in [-0.2, -0.15) is 0 Å². The number of ether oxygens (including phenoxy) is 3. The second-order valence-electron chi connectivity index (χ2n) is 10.6. The third-order valence-corrected chi connectivity index (χ3v) is 3.51. The first-order valence-electron chi connectivity index (χ1n) is 10.9. The fourth-order valence-corrected chi connectivity index (χ4v) is 2.33. The number of esters is 2. The van der Waals surface area contributed by atoms with E-state index in [9.17, 15) is 29.1 Å². The third-order valence-electron chi connectivity index (χ3n) is 3.51. The van der Waals surface area contributed by atoms with Crippen LogP contribution in [0.25, 0.3) is 0 Å². The van der Waals surface area contributed by atoms with Crippen molar-refractivity contribution in [1.82, 2.24) is 16.0 Å². The minimum absolute atomic E-state index is 0.101. The van der Waals surface area contributed by atoms with Crippen LogP contribution in [0.1, 0.15) is 75.2 Å². The maximum Gasteiger partial charge on any atom is 0.408 e. The number of hydrogen-bond acceptors (Lipinski definition) is 8. The summed E-state index contributed by atoms with van der Waals surface area (Å²) in [7, 11) is 0. The Balaban J connectivity index is 5.12. The topological polar surface area (TPSA) is 169 Å². The van der Waals surface area contributed by atoms with Crippen molar-refractivity contribution >= 4 is 30.0 Å². The van der Waals surface area contributed by atoms with Crippen LogP contribution >= 0.6 is 0 Å². The number of urea groups is 1. The molecule has 0 saturated carbocycles. The van der Waals surface area contributed by atoms with Gasteiger partial charge in [0.25, 0.3) is 0 Å². The van der Waals surface area contributed by atoms with Crippen molar-refractivity contribution in [3.05, 3.63) is 0 Å². The van der Waals surface area contributed by atoms with Crippen LogP contribution in [0.2, 0.25) is 0 Å². The summed E-state index contributed by atoms with van der Waals surface area (Å²) in [6, 6.07) is -3.58. The Morgan fingerprint density at radius 3 is 1.68 bits per heavy atom. The predicted octanol–water partition coefficient (Wildman–Crippen LogP) is 2.10. The van der Waals surface area contributed by atoms with E-state index >= 15 is 0 Å². The molecule has 0 aliphatic rings. The number of alkyl carbamates (subject to hydrolysis) is 1. The van der Waals surface area contributed by atoms with Crippen LogP contribution in [0.5, 0.6) is 0 Å². The summed E-state index contributed by atoms with van der Waals surface area (Å²) in [6.07, 6.45) is -1.24. The first-order chi connectivity index (χ1) is 15.2. The highest BCUT2D eigenvalue weighted by Gasteiger charge is 2.29. The molecule has 12 heteroatoms. The van der Waals surface area contributed by atoms with Crippen molar-refractivity contribution in [2.75, 3.05) is 6.54 Å². The normalized spacial score (nSPS) is 13.7. The molecule has 0 saturated heterocycles. The van der Waals surface area contributed by atoms with Crippen molar-refractivity contribution in [3.63, 3.8) is 0 Å². The lowest BCUT2D eigenvalue weighted by molar-refractivity contribution is -0.158. The van der Waals surface area contributed by atoms with Gasteiger partial charge in [-0.3, -0.25) is 4.79 Å². The molecule has 0 rings (SSSR count). The van der Waals surface area contributed by atoms with Crippen LogP contribution in [0.3, 0.4) is 0 Å². The maximum atomic E-state index is 12.5. The molecule has 0 heterocycles. The van der Waals surface area contributed by atoms with Crippen LogP contribution < -0.4 is 16.0 Å². The van der Waals surface area contributed by atoms with Gasteiger partial charge in [0.05, 0.1) is 6.54 Å². The molecular weight excluding hydrogens is 450 g/mol. The molecule has 0 aliphatic heterocycles. The lowest BCUT2D eigenvalue weighted by Gasteiger charge is -2.25. The van der Waals surface area contributed by atoms with Gasteiger partial charge in [0, 0.05) is 6.42 Å². The van der Waals surface area contributed by atoms with E-state index in [1.165, 1.54) is 0 Å². The fourth-order valence-electron chi connectivity index (χ4n) is 2.33. The smallest absolute Gasteiger partial charge is 0.408 e. The van der Waals surface area contributed by atoms with Gasteiger partial charge < -0.3 is 35.3 Å². The summed E-state index contributed by atoms with van der Waals surface area (Å²) in [5.41, 5.74) is -2.39. The van der Waals surface area contributed by atoms with Crippen molar-refractivity contribution in [1.29, 1.82) is 0 Å². The quantitative estimate of drug-likeness (QED) is 0.280. The maximum absolute atomic E-state index is 12.5. The fraction of sp³-hybridized carbons (Fsp3) is 0.773. The van der Waals surface area contributed by atoms with E-state index in [0.29, 0.717) is 0 Å². The average Bonchev–Trinajstić information content (AvgIpc) is 2.57. The number of aliphatic carboxylic acids is 1. The molecular formula is C22H39N3O9. The first-order valence-corrected chi connectivity index (χ1v) is 10.9. The summed E-state index contributed by atoms with van der Waals surface area (Å²) in [6.45, 7) is 14.4. The van der Waals surface area contributed by atoms with Crippen molar-refractivity contribution < 1.29 is 43.3 Å². The molecule has 0 bridgehead atoms. The molecule has 0 aromatic carbocycles. The van der Waals surface area contributed by atoms with Gasteiger partial charge >= 0.3 is 30.0 Å². The molecule has 0 aromatic rings. The van der Waals surface area contributed by atoms with E-state index in [1.807, 2.05) is 0 Å². The van der Waals surface area contributed by atoms with Gasteiger partial charge in [-0.15, -0.1) is 0 Å². The predicted molar refractivity (Wildman–Crippen MR) is 122 cm³/mol. The summed E-state index contributed by atoms with van der Waals surface area (Å²) < 4.78 is 15.5. The van der Waals surface area contributed by atoms with Crippen molar-refractivity contribution in [3.8, 4) is 0 Å². The van der Waals surface area contributed by atoms with E-state index in [4.69, 9.17) is 14.2 Å². The molecule has 3 amide bonds. The number of carbonyl (C=O) groups is 5. The molecule has 0 aromatic heterocycles. The number of carbonyl (C=O) groups excluding carboxylic acids is 4. The van der Waals surface area contributed by atoms with Gasteiger partial charge in [0.2, 0.25) is 0 Å². The summed E-state index contributed by atoms with van der Waals surface area (Å²) in [5.74, 6) is -2.73. The van der Waals surface area contributed by atoms with Crippen LogP contribution in [0, 0.1) is 0 Å². The standard InChI is InChI=1S/C22H39N3O9/c1-20(2,3)32-15(26)11-10-13(17(29)33-21(4,5)6)24-18(30)23-12-14(16(27)28)25-19(31)34-22(7,8)9/h13-14H,10-12H2,1-9H3,(H,25,31)(H,27,28)(H2,23,24,30)/t13-,14+/m0/s1. The monoisotopic (exact) mass is 489 g/mol. The Morgan fingerprint density at radius 1 is 0.735 bits per heavy atom. The minimum atomic E-state index is -1.48. The number of carboxylic acid groups (broad SMARTS) is 1. The Hall–Kier alpha value is -3.05. The van der Waals surface area contributed by atoms with E-state index < -0.39 is 65.5 Å². The molecule has 0 radical (unpaired) electrons. The van der Waals surface area contributed by atoms with E-state index in [0.717, 1.165) is 0 Å². The van der Waals surface area contributed by atoms with Crippen LogP contribution in [0.15, 0.2) is 0 Å². The molecule has 0 fully saturated rings.